The Kier molecular flexibility index (Phi) is 4.28. The van der Waals surface area contributed by atoms with Crippen LogP contribution in [0.25, 0.3) is 0 Å². The molecule has 0 atom stereocenters. The summed E-state index contributed by atoms with van der Waals surface area (Å²) in [6.45, 7) is 1.81. The summed E-state index contributed by atoms with van der Waals surface area (Å²) in [6.07, 6.45) is 3.43. The molecule has 0 aromatic carbocycles. The molecule has 1 fully saturated rings. The Bertz CT molecular complexity index is 416. The summed E-state index contributed by atoms with van der Waals surface area (Å²) in [7, 11) is 1.85. The van der Waals surface area contributed by atoms with E-state index in [0.29, 0.717) is 12.1 Å². The number of ether oxygens (including phenoxy) is 1. The zero-order valence-electron chi connectivity index (χ0n) is 10.6. The molecule has 5 nitrogen and oxygen atoms in total. The Morgan fingerprint density at radius 3 is 2.94 bits per heavy atom. The van der Waals surface area contributed by atoms with Crippen LogP contribution in [0.4, 0.5) is 0 Å². The molecule has 0 aliphatic carbocycles. The second kappa shape index (κ2) is 5.93. The molecule has 1 amide bonds. The molecular formula is C13H19N3O2. The molecule has 5 heteroatoms. The van der Waals surface area contributed by atoms with Crippen molar-refractivity contribution >= 4 is 5.91 Å². The first kappa shape index (κ1) is 13.0. The van der Waals surface area contributed by atoms with Gasteiger partial charge in [-0.1, -0.05) is 0 Å². The number of hydrogen-bond donors (Lipinski definition) is 1. The normalized spacial score (nSPS) is 16.6. The monoisotopic (exact) mass is 249 g/mol. The zero-order valence-corrected chi connectivity index (χ0v) is 10.6. The fourth-order valence-electron chi connectivity index (χ4n) is 2.16. The van der Waals surface area contributed by atoms with Crippen molar-refractivity contribution in [2.24, 2.45) is 5.73 Å². The van der Waals surface area contributed by atoms with E-state index in [0.717, 1.165) is 31.7 Å². The summed E-state index contributed by atoms with van der Waals surface area (Å²) in [5, 5.41) is 0. The lowest BCUT2D eigenvalue weighted by Gasteiger charge is -2.31. The largest absolute Gasteiger partial charge is 0.381 e. The second-order valence-electron chi connectivity index (χ2n) is 4.50. The second-order valence-corrected chi connectivity index (χ2v) is 4.50. The minimum Gasteiger partial charge on any atom is -0.381 e. The first-order chi connectivity index (χ1) is 8.72. The molecule has 0 bridgehead atoms. The highest BCUT2D eigenvalue weighted by molar-refractivity contribution is 5.94. The van der Waals surface area contributed by atoms with E-state index in [1.165, 1.54) is 0 Å². The molecule has 1 aliphatic rings. The first-order valence-corrected chi connectivity index (χ1v) is 6.22. The topological polar surface area (TPSA) is 68.5 Å². The number of amides is 1. The van der Waals surface area contributed by atoms with Gasteiger partial charge in [0.05, 0.1) is 5.69 Å². The molecule has 2 N–H and O–H groups in total. The zero-order chi connectivity index (χ0) is 13.0. The van der Waals surface area contributed by atoms with Crippen molar-refractivity contribution in [1.82, 2.24) is 9.88 Å². The van der Waals surface area contributed by atoms with Crippen LogP contribution in [0.3, 0.4) is 0 Å². The van der Waals surface area contributed by atoms with Crippen LogP contribution in [0.2, 0.25) is 0 Å². The molecule has 2 rings (SSSR count). The summed E-state index contributed by atoms with van der Waals surface area (Å²) < 4.78 is 5.31. The van der Waals surface area contributed by atoms with Crippen LogP contribution in [-0.2, 0) is 11.3 Å². The van der Waals surface area contributed by atoms with Crippen molar-refractivity contribution in [2.45, 2.75) is 25.4 Å². The van der Waals surface area contributed by atoms with Gasteiger partial charge in [-0.25, -0.2) is 0 Å². The third-order valence-electron chi connectivity index (χ3n) is 3.33. The number of pyridine rings is 1. The van der Waals surface area contributed by atoms with E-state index in [2.05, 4.69) is 4.98 Å². The van der Waals surface area contributed by atoms with Crippen LogP contribution in [0.1, 0.15) is 28.9 Å². The average molecular weight is 249 g/mol. The molecule has 0 saturated carbocycles. The third kappa shape index (κ3) is 2.86. The minimum atomic E-state index is 0.0269. The molecule has 0 unspecified atom stereocenters. The minimum absolute atomic E-state index is 0.0269. The molecule has 18 heavy (non-hydrogen) atoms. The quantitative estimate of drug-likeness (QED) is 0.860. The van der Waals surface area contributed by atoms with Crippen molar-refractivity contribution in [1.29, 1.82) is 0 Å². The van der Waals surface area contributed by atoms with Gasteiger partial charge in [-0.2, -0.15) is 0 Å². The summed E-state index contributed by atoms with van der Waals surface area (Å²) in [5.41, 5.74) is 6.92. The number of hydrogen-bond acceptors (Lipinski definition) is 4. The lowest BCUT2D eigenvalue weighted by atomic mass is 10.1. The summed E-state index contributed by atoms with van der Waals surface area (Å²) in [6, 6.07) is 3.76. The smallest absolute Gasteiger partial charge is 0.253 e. The highest BCUT2D eigenvalue weighted by Crippen LogP contribution is 2.15. The van der Waals surface area contributed by atoms with Gasteiger partial charge in [0.1, 0.15) is 0 Å². The van der Waals surface area contributed by atoms with Crippen LogP contribution < -0.4 is 5.73 Å². The molecule has 1 aliphatic heterocycles. The number of carbonyl (C=O) groups is 1. The average Bonchev–Trinajstić information content (AvgIpc) is 2.46. The SMILES string of the molecule is CN(C(=O)c1ccnc(CN)c1)C1CCOCC1. The van der Waals surface area contributed by atoms with Crippen LogP contribution in [0, 0.1) is 0 Å². The van der Waals surface area contributed by atoms with Gasteiger partial charge in [0.25, 0.3) is 5.91 Å². The molecule has 98 valence electrons. The van der Waals surface area contributed by atoms with E-state index in [-0.39, 0.29) is 11.9 Å². The Morgan fingerprint density at radius 2 is 2.28 bits per heavy atom. The fourth-order valence-corrected chi connectivity index (χ4v) is 2.16. The van der Waals surface area contributed by atoms with Gasteiger partial charge in [-0.15, -0.1) is 0 Å². The summed E-state index contributed by atoms with van der Waals surface area (Å²) in [4.78, 5) is 18.2. The Balaban J connectivity index is 2.09. The van der Waals surface area contributed by atoms with Gasteiger partial charge in [-0.05, 0) is 25.0 Å². The van der Waals surface area contributed by atoms with Gasteiger partial charge in [0.2, 0.25) is 0 Å². The maximum absolute atomic E-state index is 12.3. The standard InChI is InChI=1S/C13H19N3O2/c1-16(12-3-6-18-7-4-12)13(17)10-2-5-15-11(8-10)9-14/h2,5,8,12H,3-4,6-7,9,14H2,1H3. The van der Waals surface area contributed by atoms with Crippen LogP contribution in [-0.4, -0.2) is 42.1 Å². The Hall–Kier alpha value is -1.46. The summed E-state index contributed by atoms with van der Waals surface area (Å²) >= 11 is 0. The third-order valence-corrected chi connectivity index (χ3v) is 3.33. The molecule has 1 aromatic rings. The number of nitrogens with zero attached hydrogens (tertiary/aromatic N) is 2. The van der Waals surface area contributed by atoms with E-state index in [4.69, 9.17) is 10.5 Å². The highest BCUT2D eigenvalue weighted by atomic mass is 16.5. The number of rotatable bonds is 3. The molecule has 1 saturated heterocycles. The fraction of sp³-hybridized carbons (Fsp3) is 0.538. The van der Waals surface area contributed by atoms with E-state index < -0.39 is 0 Å². The van der Waals surface area contributed by atoms with E-state index in [1.807, 2.05) is 7.05 Å². The molecule has 2 heterocycles. The maximum atomic E-state index is 12.3. The first-order valence-electron chi connectivity index (χ1n) is 6.22. The Morgan fingerprint density at radius 1 is 1.56 bits per heavy atom. The molecule has 1 aromatic heterocycles. The number of carbonyl (C=O) groups excluding carboxylic acids is 1. The van der Waals surface area contributed by atoms with Gasteiger partial charge in [0, 0.05) is 44.6 Å². The van der Waals surface area contributed by atoms with Crippen molar-refractivity contribution in [2.75, 3.05) is 20.3 Å². The molecular weight excluding hydrogens is 230 g/mol. The van der Waals surface area contributed by atoms with E-state index >= 15 is 0 Å². The van der Waals surface area contributed by atoms with Gasteiger partial charge < -0.3 is 15.4 Å². The predicted molar refractivity (Wildman–Crippen MR) is 68.1 cm³/mol. The van der Waals surface area contributed by atoms with Crippen LogP contribution in [0.5, 0.6) is 0 Å². The van der Waals surface area contributed by atoms with Crippen molar-refractivity contribution in [3.05, 3.63) is 29.6 Å². The maximum Gasteiger partial charge on any atom is 0.253 e. The number of nitrogens with two attached hydrogens (primary N) is 1. The van der Waals surface area contributed by atoms with Crippen LogP contribution in [0.15, 0.2) is 18.3 Å². The van der Waals surface area contributed by atoms with Gasteiger partial charge in [-0.3, -0.25) is 9.78 Å². The van der Waals surface area contributed by atoms with Crippen molar-refractivity contribution in [3.8, 4) is 0 Å². The summed E-state index contributed by atoms with van der Waals surface area (Å²) in [5.74, 6) is 0.0269. The van der Waals surface area contributed by atoms with E-state index in [9.17, 15) is 4.79 Å². The highest BCUT2D eigenvalue weighted by Gasteiger charge is 2.23. The molecule has 0 spiro atoms. The lowest BCUT2D eigenvalue weighted by Crippen LogP contribution is -2.40. The van der Waals surface area contributed by atoms with Crippen molar-refractivity contribution < 1.29 is 9.53 Å². The predicted octanol–water partition coefficient (Wildman–Crippen LogP) is 0.791. The Labute approximate surface area is 107 Å². The number of aromatic nitrogens is 1. The van der Waals surface area contributed by atoms with Crippen molar-refractivity contribution in [3.63, 3.8) is 0 Å². The lowest BCUT2D eigenvalue weighted by molar-refractivity contribution is 0.0362. The van der Waals surface area contributed by atoms with Gasteiger partial charge >= 0.3 is 0 Å². The van der Waals surface area contributed by atoms with Crippen LogP contribution >= 0.6 is 0 Å². The van der Waals surface area contributed by atoms with E-state index in [1.54, 1.807) is 23.2 Å². The molecule has 0 radical (unpaired) electrons. The van der Waals surface area contributed by atoms with Gasteiger partial charge in [0.15, 0.2) is 0 Å².